The minimum atomic E-state index is -0.352. The Morgan fingerprint density at radius 1 is 1.33 bits per heavy atom. The molecule has 7 nitrogen and oxygen atoms in total. The molecule has 2 aromatic heterocycles. The van der Waals surface area contributed by atoms with Gasteiger partial charge in [-0.1, -0.05) is 36.0 Å². The molecule has 0 radical (unpaired) electrons. The lowest BCUT2D eigenvalue weighted by molar-refractivity contribution is -0.121. The minimum Gasteiger partial charge on any atom is -0.461 e. The predicted octanol–water partition coefficient (Wildman–Crippen LogP) is 2.93. The summed E-state index contributed by atoms with van der Waals surface area (Å²) in [5.74, 6) is 6.99. The predicted molar refractivity (Wildman–Crippen MR) is 103 cm³/mol. The summed E-state index contributed by atoms with van der Waals surface area (Å²) in [7, 11) is 0. The number of nitrogen functional groups attached to an aromatic ring is 1. The summed E-state index contributed by atoms with van der Waals surface area (Å²) >= 11 is 1.28. The zero-order chi connectivity index (χ0) is 18.8. The molecule has 4 rings (SSSR count). The number of hydrogen-bond acceptors (Lipinski definition) is 6. The lowest BCUT2D eigenvalue weighted by Crippen LogP contribution is -2.36. The van der Waals surface area contributed by atoms with Crippen molar-refractivity contribution >= 4 is 17.7 Å². The van der Waals surface area contributed by atoms with E-state index in [4.69, 9.17) is 10.3 Å². The van der Waals surface area contributed by atoms with Gasteiger partial charge in [0.2, 0.25) is 16.9 Å². The lowest BCUT2D eigenvalue weighted by atomic mass is 9.88. The fourth-order valence-corrected chi connectivity index (χ4v) is 4.12. The van der Waals surface area contributed by atoms with Crippen LogP contribution in [0.4, 0.5) is 0 Å². The maximum absolute atomic E-state index is 12.7. The molecule has 2 heterocycles. The molecule has 0 saturated carbocycles. The summed E-state index contributed by atoms with van der Waals surface area (Å²) in [5, 5.41) is 11.4. The van der Waals surface area contributed by atoms with Crippen molar-refractivity contribution in [1.29, 1.82) is 0 Å². The molecule has 1 amide bonds. The van der Waals surface area contributed by atoms with Crippen molar-refractivity contribution in [3.05, 3.63) is 53.8 Å². The number of hydrogen-bond donors (Lipinski definition) is 2. The first-order valence-electron chi connectivity index (χ1n) is 8.92. The molecule has 2 unspecified atom stereocenters. The van der Waals surface area contributed by atoms with Crippen LogP contribution in [0.3, 0.4) is 0 Å². The number of rotatable bonds is 5. The van der Waals surface area contributed by atoms with Crippen LogP contribution in [0.5, 0.6) is 0 Å². The summed E-state index contributed by atoms with van der Waals surface area (Å²) in [5.41, 5.74) is 2.54. The average Bonchev–Trinajstić information content (AvgIpc) is 3.32. The number of nitrogens with one attached hydrogen (secondary N) is 1. The Bertz CT molecular complexity index is 937. The van der Waals surface area contributed by atoms with Crippen LogP contribution < -0.4 is 11.2 Å². The molecule has 3 N–H and O–H groups in total. The number of benzene rings is 1. The zero-order valence-electron chi connectivity index (χ0n) is 15.0. The van der Waals surface area contributed by atoms with Crippen molar-refractivity contribution in [2.75, 3.05) is 5.84 Å². The molecule has 0 bridgehead atoms. The third kappa shape index (κ3) is 3.57. The molecule has 1 aliphatic carbocycles. The van der Waals surface area contributed by atoms with Gasteiger partial charge in [0.05, 0.1) is 17.6 Å². The van der Waals surface area contributed by atoms with Gasteiger partial charge in [0.15, 0.2) is 5.76 Å². The van der Waals surface area contributed by atoms with Gasteiger partial charge >= 0.3 is 0 Å². The summed E-state index contributed by atoms with van der Waals surface area (Å²) in [6.07, 6.45) is 4.65. The van der Waals surface area contributed by atoms with Gasteiger partial charge in [0, 0.05) is 0 Å². The van der Waals surface area contributed by atoms with Gasteiger partial charge in [-0.2, -0.15) is 0 Å². The van der Waals surface area contributed by atoms with Gasteiger partial charge in [-0.05, 0) is 49.4 Å². The first kappa shape index (κ1) is 17.7. The van der Waals surface area contributed by atoms with Crippen molar-refractivity contribution in [1.82, 2.24) is 20.2 Å². The Hall–Kier alpha value is -2.74. The van der Waals surface area contributed by atoms with Gasteiger partial charge in [-0.25, -0.2) is 4.68 Å². The second-order valence-corrected chi connectivity index (χ2v) is 7.87. The van der Waals surface area contributed by atoms with E-state index in [1.165, 1.54) is 27.6 Å². The third-order valence-electron chi connectivity index (χ3n) is 4.74. The van der Waals surface area contributed by atoms with E-state index in [1.54, 1.807) is 18.4 Å². The minimum absolute atomic E-state index is 0.0377. The van der Waals surface area contributed by atoms with E-state index in [9.17, 15) is 4.79 Å². The van der Waals surface area contributed by atoms with Crippen molar-refractivity contribution in [3.63, 3.8) is 0 Å². The fourth-order valence-electron chi connectivity index (χ4n) is 3.34. The maximum Gasteiger partial charge on any atom is 0.233 e. The highest BCUT2D eigenvalue weighted by molar-refractivity contribution is 8.00. The van der Waals surface area contributed by atoms with Gasteiger partial charge in [-0.15, -0.1) is 10.2 Å². The van der Waals surface area contributed by atoms with Crippen LogP contribution >= 0.6 is 11.8 Å². The molecule has 8 heteroatoms. The maximum atomic E-state index is 12.7. The fraction of sp³-hybridized carbons (Fsp3) is 0.316. The molecule has 3 aromatic rings. The smallest absolute Gasteiger partial charge is 0.233 e. The molecule has 140 valence electrons. The second-order valence-electron chi connectivity index (χ2n) is 6.57. The Balaban J connectivity index is 1.44. The van der Waals surface area contributed by atoms with E-state index < -0.39 is 0 Å². The molecule has 1 aromatic carbocycles. The Morgan fingerprint density at radius 3 is 3.00 bits per heavy atom. The highest BCUT2D eigenvalue weighted by Crippen LogP contribution is 2.30. The Labute approximate surface area is 161 Å². The molecular formula is C19H21N5O2S. The Morgan fingerprint density at radius 2 is 2.19 bits per heavy atom. The number of nitrogens with zero attached hydrogens (tertiary/aromatic N) is 3. The van der Waals surface area contributed by atoms with Crippen LogP contribution in [-0.4, -0.2) is 26.0 Å². The number of aryl methyl sites for hydroxylation is 1. The first-order chi connectivity index (χ1) is 13.1. The number of amides is 1. The molecule has 0 saturated heterocycles. The Kier molecular flexibility index (Phi) is 4.89. The molecule has 1 aliphatic rings. The van der Waals surface area contributed by atoms with Crippen LogP contribution in [-0.2, 0) is 11.2 Å². The van der Waals surface area contributed by atoms with E-state index in [0.29, 0.717) is 16.7 Å². The number of fused-ring (bicyclic) bond motifs is 1. The quantitative estimate of drug-likeness (QED) is 0.519. The highest BCUT2D eigenvalue weighted by Gasteiger charge is 2.25. The van der Waals surface area contributed by atoms with Crippen molar-refractivity contribution in [2.45, 2.75) is 42.6 Å². The van der Waals surface area contributed by atoms with Crippen LogP contribution in [0.25, 0.3) is 11.6 Å². The molecule has 0 spiro atoms. The number of nitrogens with two attached hydrogens (primary N) is 1. The van der Waals surface area contributed by atoms with Crippen molar-refractivity contribution in [2.24, 2.45) is 0 Å². The zero-order valence-corrected chi connectivity index (χ0v) is 15.8. The van der Waals surface area contributed by atoms with Gasteiger partial charge in [-0.3, -0.25) is 4.79 Å². The van der Waals surface area contributed by atoms with Crippen LogP contribution in [0.1, 0.15) is 36.9 Å². The van der Waals surface area contributed by atoms with Crippen LogP contribution in [0.15, 0.2) is 52.2 Å². The number of carbonyl (C=O) groups is 1. The highest BCUT2D eigenvalue weighted by atomic mass is 32.2. The van der Waals surface area contributed by atoms with Gasteiger partial charge in [0.1, 0.15) is 0 Å². The molecule has 0 aliphatic heterocycles. The normalized spacial score (nSPS) is 17.3. The van der Waals surface area contributed by atoms with Crippen LogP contribution in [0, 0.1) is 0 Å². The van der Waals surface area contributed by atoms with E-state index in [-0.39, 0.29) is 17.2 Å². The average molecular weight is 383 g/mol. The summed E-state index contributed by atoms with van der Waals surface area (Å²) in [6, 6.07) is 11.9. The van der Waals surface area contributed by atoms with Crippen molar-refractivity contribution < 1.29 is 9.21 Å². The number of carbonyl (C=O) groups excluding carboxylic acids is 1. The monoisotopic (exact) mass is 383 g/mol. The van der Waals surface area contributed by atoms with E-state index in [1.807, 2.05) is 19.1 Å². The lowest BCUT2D eigenvalue weighted by Gasteiger charge is -2.27. The second kappa shape index (κ2) is 7.48. The number of thioether (sulfide) groups is 1. The summed E-state index contributed by atoms with van der Waals surface area (Å²) in [6.45, 7) is 1.84. The van der Waals surface area contributed by atoms with E-state index >= 15 is 0 Å². The first-order valence-corrected chi connectivity index (χ1v) is 9.80. The number of aromatic nitrogens is 3. The molecule has 0 fully saturated rings. The van der Waals surface area contributed by atoms with Gasteiger partial charge in [0.25, 0.3) is 0 Å². The largest absolute Gasteiger partial charge is 0.461 e. The number of furan rings is 1. The summed E-state index contributed by atoms with van der Waals surface area (Å²) in [4.78, 5) is 12.7. The van der Waals surface area contributed by atoms with E-state index in [2.05, 4.69) is 27.6 Å². The van der Waals surface area contributed by atoms with Gasteiger partial charge < -0.3 is 15.6 Å². The van der Waals surface area contributed by atoms with Crippen molar-refractivity contribution in [3.8, 4) is 11.6 Å². The topological polar surface area (TPSA) is 99.0 Å². The van der Waals surface area contributed by atoms with E-state index in [0.717, 1.165) is 19.3 Å². The standard InChI is InChI=1S/C19H21N5O2S/c1-12(27-19-23-22-17(24(19)20)16-10-5-11-26-16)18(25)21-15-9-4-7-13-6-2-3-8-14(13)15/h2-3,5-6,8,10-12,15H,4,7,9,20H2,1H3,(H,21,25). The molecule has 27 heavy (non-hydrogen) atoms. The molecular weight excluding hydrogens is 362 g/mol. The van der Waals surface area contributed by atoms with Crippen LogP contribution in [0.2, 0.25) is 0 Å². The third-order valence-corrected chi connectivity index (χ3v) is 5.80. The molecule has 2 atom stereocenters. The SMILES string of the molecule is CC(Sc1nnc(-c2ccco2)n1N)C(=O)NC1CCCc2ccccc21. The summed E-state index contributed by atoms with van der Waals surface area (Å²) < 4.78 is 6.66.